The van der Waals surface area contributed by atoms with Gasteiger partial charge in [-0.25, -0.2) is 0 Å². The van der Waals surface area contributed by atoms with Crippen molar-refractivity contribution in [3.05, 3.63) is 48.3 Å². The maximum absolute atomic E-state index is 12.0. The van der Waals surface area contributed by atoms with Gasteiger partial charge >= 0.3 is 11.8 Å². The lowest BCUT2D eigenvalue weighted by molar-refractivity contribution is -0.150. The van der Waals surface area contributed by atoms with E-state index in [4.69, 9.17) is 0 Å². The second-order valence-electron chi connectivity index (χ2n) is 6.18. The molecule has 0 saturated carbocycles. The lowest BCUT2D eigenvalue weighted by Gasteiger charge is -2.44. The number of aromatic nitrogens is 1. The number of nitrogens with one attached hydrogen (secondary N) is 1. The first-order valence-corrected chi connectivity index (χ1v) is 8.19. The Morgan fingerprint density at radius 1 is 1.08 bits per heavy atom. The molecule has 4 rings (SSSR count). The first-order chi connectivity index (χ1) is 12.2. The van der Waals surface area contributed by atoms with Crippen LogP contribution in [-0.2, 0) is 9.59 Å². The maximum Gasteiger partial charge on any atom is 0.312 e. The van der Waals surface area contributed by atoms with E-state index in [1.807, 2.05) is 47.3 Å². The van der Waals surface area contributed by atoms with Crippen LogP contribution < -0.4 is 10.2 Å². The molecule has 0 radical (unpaired) electrons. The first-order valence-electron chi connectivity index (χ1n) is 8.19. The van der Waals surface area contributed by atoms with Crippen molar-refractivity contribution in [1.29, 1.82) is 5.26 Å². The van der Waals surface area contributed by atoms with Crippen LogP contribution in [0.2, 0.25) is 0 Å². The van der Waals surface area contributed by atoms with Crippen LogP contribution in [0.4, 0.5) is 5.69 Å². The van der Waals surface area contributed by atoms with Crippen molar-refractivity contribution in [3.8, 4) is 11.8 Å². The van der Waals surface area contributed by atoms with E-state index in [1.54, 1.807) is 4.90 Å². The molecule has 7 nitrogen and oxygen atoms in total. The fraction of sp³-hybridized carbons (Fsp3) is 0.278. The number of anilines is 1. The van der Waals surface area contributed by atoms with Gasteiger partial charge in [-0.1, -0.05) is 6.07 Å². The summed E-state index contributed by atoms with van der Waals surface area (Å²) in [5.74, 6) is -0.991. The fourth-order valence-corrected chi connectivity index (χ4v) is 3.55. The van der Waals surface area contributed by atoms with Gasteiger partial charge in [0.25, 0.3) is 0 Å². The zero-order valence-electron chi connectivity index (χ0n) is 13.6. The van der Waals surface area contributed by atoms with Crippen LogP contribution in [0.3, 0.4) is 0 Å². The number of rotatable bonds is 2. The number of nitriles is 1. The number of amides is 2. The van der Waals surface area contributed by atoms with E-state index in [0.717, 1.165) is 11.4 Å². The fourth-order valence-electron chi connectivity index (χ4n) is 3.55. The monoisotopic (exact) mass is 335 g/mol. The summed E-state index contributed by atoms with van der Waals surface area (Å²) in [6.45, 7) is 2.12. The van der Waals surface area contributed by atoms with Gasteiger partial charge in [-0.2, -0.15) is 5.26 Å². The van der Waals surface area contributed by atoms with E-state index < -0.39 is 11.8 Å². The Balaban J connectivity index is 1.65. The van der Waals surface area contributed by atoms with Gasteiger partial charge in [0.1, 0.15) is 6.07 Å². The van der Waals surface area contributed by atoms with Crippen LogP contribution in [0.1, 0.15) is 5.56 Å². The average molecular weight is 335 g/mol. The Hall–Kier alpha value is -3.27. The van der Waals surface area contributed by atoms with Crippen LogP contribution in [0.25, 0.3) is 5.69 Å². The number of hydrogen-bond donors (Lipinski definition) is 1. The van der Waals surface area contributed by atoms with Gasteiger partial charge < -0.3 is 19.7 Å². The number of nitrogens with zero attached hydrogens (tertiary/aromatic N) is 4. The van der Waals surface area contributed by atoms with Gasteiger partial charge in [-0.15, -0.1) is 0 Å². The zero-order valence-corrected chi connectivity index (χ0v) is 13.6. The maximum atomic E-state index is 12.0. The molecule has 1 N–H and O–H groups in total. The molecule has 2 aliphatic rings. The van der Waals surface area contributed by atoms with Crippen LogP contribution in [0, 0.1) is 11.3 Å². The van der Waals surface area contributed by atoms with Crippen LogP contribution in [0.5, 0.6) is 0 Å². The highest BCUT2D eigenvalue weighted by Crippen LogP contribution is 2.28. The topological polar surface area (TPSA) is 81.4 Å². The molecule has 1 atom stereocenters. The van der Waals surface area contributed by atoms with Crippen molar-refractivity contribution >= 4 is 17.5 Å². The largest absolute Gasteiger partial charge is 0.366 e. The van der Waals surface area contributed by atoms with E-state index in [2.05, 4.69) is 16.3 Å². The lowest BCUT2D eigenvalue weighted by atomic mass is 10.1. The Bertz CT molecular complexity index is 868. The van der Waals surface area contributed by atoms with E-state index in [-0.39, 0.29) is 6.04 Å². The zero-order chi connectivity index (χ0) is 17.4. The predicted octanol–water partition coefficient (Wildman–Crippen LogP) is 0.496. The summed E-state index contributed by atoms with van der Waals surface area (Å²) in [5.41, 5.74) is 2.30. The minimum absolute atomic E-state index is 0.0688. The van der Waals surface area contributed by atoms with Crippen molar-refractivity contribution in [1.82, 2.24) is 14.8 Å². The highest BCUT2D eigenvalue weighted by Gasteiger charge is 2.38. The van der Waals surface area contributed by atoms with E-state index >= 15 is 0 Å². The molecular weight excluding hydrogens is 318 g/mol. The molecule has 2 amide bonds. The number of hydrogen-bond acceptors (Lipinski definition) is 4. The molecule has 0 bridgehead atoms. The van der Waals surface area contributed by atoms with Crippen LogP contribution in [0.15, 0.2) is 42.7 Å². The molecule has 1 aromatic carbocycles. The summed E-state index contributed by atoms with van der Waals surface area (Å²) < 4.78 is 1.92. The highest BCUT2D eigenvalue weighted by molar-refractivity contribution is 6.35. The summed E-state index contributed by atoms with van der Waals surface area (Å²) in [6, 6.07) is 11.9. The highest BCUT2D eigenvalue weighted by atomic mass is 16.2. The quantitative estimate of drug-likeness (QED) is 0.810. The number of benzene rings is 1. The smallest absolute Gasteiger partial charge is 0.312 e. The molecule has 2 fully saturated rings. The third kappa shape index (κ3) is 2.52. The third-order valence-corrected chi connectivity index (χ3v) is 4.79. The number of piperazine rings is 2. The minimum Gasteiger partial charge on any atom is -0.366 e. The predicted molar refractivity (Wildman–Crippen MR) is 91.2 cm³/mol. The number of fused-ring (bicyclic) bond motifs is 1. The molecule has 1 unspecified atom stereocenters. The summed E-state index contributed by atoms with van der Waals surface area (Å²) in [4.78, 5) is 27.2. The molecule has 2 aromatic rings. The normalized spacial score (nSPS) is 20.0. The van der Waals surface area contributed by atoms with Gasteiger partial charge in [0, 0.05) is 38.6 Å². The molecule has 25 heavy (non-hydrogen) atoms. The molecular formula is C18H17N5O2. The second kappa shape index (κ2) is 5.98. The van der Waals surface area contributed by atoms with Gasteiger partial charge in [0.2, 0.25) is 0 Å². The lowest BCUT2D eigenvalue weighted by Crippen LogP contribution is -2.65. The summed E-state index contributed by atoms with van der Waals surface area (Å²) >= 11 is 0. The number of carbonyl (C=O) groups excluding carboxylic acids is 2. The SMILES string of the molecule is N#Cc1c(N2CCN3C(=O)C(=O)NCC3C2)cccc1-n1cccc1. The van der Waals surface area contributed by atoms with E-state index in [1.165, 1.54) is 0 Å². The molecule has 2 saturated heterocycles. The molecule has 0 aliphatic carbocycles. The molecule has 7 heteroatoms. The van der Waals surface area contributed by atoms with Gasteiger partial charge in [0.05, 0.1) is 23.0 Å². The van der Waals surface area contributed by atoms with Gasteiger partial charge in [-0.3, -0.25) is 9.59 Å². The molecule has 126 valence electrons. The summed E-state index contributed by atoms with van der Waals surface area (Å²) in [5, 5.41) is 12.4. The van der Waals surface area contributed by atoms with Crippen LogP contribution >= 0.6 is 0 Å². The van der Waals surface area contributed by atoms with E-state index in [0.29, 0.717) is 31.7 Å². The van der Waals surface area contributed by atoms with Crippen molar-refractivity contribution in [2.75, 3.05) is 31.1 Å². The molecule has 3 heterocycles. The van der Waals surface area contributed by atoms with Gasteiger partial charge in [0.15, 0.2) is 0 Å². The summed E-state index contributed by atoms with van der Waals surface area (Å²) in [6.07, 6.45) is 3.82. The van der Waals surface area contributed by atoms with Gasteiger partial charge in [-0.05, 0) is 24.3 Å². The minimum atomic E-state index is -0.531. The first kappa shape index (κ1) is 15.3. The van der Waals surface area contributed by atoms with Crippen molar-refractivity contribution in [2.45, 2.75) is 6.04 Å². The second-order valence-corrected chi connectivity index (χ2v) is 6.18. The standard InChI is InChI=1S/C18H17N5O2/c19-10-14-15(21-6-1-2-7-21)4-3-5-16(14)22-8-9-23-13(12-22)11-20-17(24)18(23)25/h1-7,13H,8-9,11-12H2,(H,20,24). The summed E-state index contributed by atoms with van der Waals surface area (Å²) in [7, 11) is 0. The third-order valence-electron chi connectivity index (χ3n) is 4.79. The Kier molecular flexibility index (Phi) is 3.65. The molecule has 2 aliphatic heterocycles. The van der Waals surface area contributed by atoms with Crippen molar-refractivity contribution in [3.63, 3.8) is 0 Å². The number of carbonyl (C=O) groups is 2. The van der Waals surface area contributed by atoms with Crippen molar-refractivity contribution in [2.24, 2.45) is 0 Å². The Morgan fingerprint density at radius 2 is 1.84 bits per heavy atom. The van der Waals surface area contributed by atoms with Crippen molar-refractivity contribution < 1.29 is 9.59 Å². The van der Waals surface area contributed by atoms with E-state index in [9.17, 15) is 14.9 Å². The molecule has 0 spiro atoms. The Morgan fingerprint density at radius 3 is 2.60 bits per heavy atom. The van der Waals surface area contributed by atoms with Crippen LogP contribution in [-0.4, -0.2) is 53.5 Å². The Labute approximate surface area is 145 Å². The average Bonchev–Trinajstić information content (AvgIpc) is 3.18. The molecule has 1 aromatic heterocycles.